The summed E-state index contributed by atoms with van der Waals surface area (Å²) < 4.78 is 0. The van der Waals surface area contributed by atoms with Crippen molar-refractivity contribution in [2.24, 2.45) is 0 Å². The highest BCUT2D eigenvalue weighted by Crippen LogP contribution is 2.13. The maximum absolute atomic E-state index is 10.4. The van der Waals surface area contributed by atoms with E-state index in [-0.39, 0.29) is 12.5 Å². The number of carboxylic acid groups (broad SMARTS) is 1. The van der Waals surface area contributed by atoms with Crippen LogP contribution in [0.15, 0.2) is 24.3 Å². The summed E-state index contributed by atoms with van der Waals surface area (Å²) in [6.45, 7) is 4.98. The molecule has 0 spiro atoms. The number of rotatable bonds is 7. The number of carboxylic acids is 1. The zero-order valence-electron chi connectivity index (χ0n) is 10.6. The van der Waals surface area contributed by atoms with E-state index < -0.39 is 5.97 Å². The second-order valence-corrected chi connectivity index (χ2v) is 4.27. The molecular weight excluding hydrogens is 214 g/mol. The van der Waals surface area contributed by atoms with Crippen LogP contribution >= 0.6 is 0 Å². The number of benzene rings is 1. The van der Waals surface area contributed by atoms with Crippen LogP contribution in [0.5, 0.6) is 0 Å². The van der Waals surface area contributed by atoms with Crippen molar-refractivity contribution in [2.45, 2.75) is 39.2 Å². The van der Waals surface area contributed by atoms with Crippen LogP contribution in [-0.2, 0) is 11.2 Å². The molecule has 0 heterocycles. The molecule has 3 nitrogen and oxygen atoms in total. The lowest BCUT2D eigenvalue weighted by Crippen LogP contribution is -2.20. The summed E-state index contributed by atoms with van der Waals surface area (Å²) in [5, 5.41) is 11.9. The van der Waals surface area contributed by atoms with Gasteiger partial charge in [-0.2, -0.15) is 0 Å². The minimum Gasteiger partial charge on any atom is -0.481 e. The molecule has 0 bridgehead atoms. The lowest BCUT2D eigenvalue weighted by atomic mass is 10.0. The highest BCUT2D eigenvalue weighted by molar-refractivity contribution is 5.66. The fourth-order valence-corrected chi connectivity index (χ4v) is 1.72. The molecule has 0 saturated carbocycles. The summed E-state index contributed by atoms with van der Waals surface area (Å²) in [6, 6.07) is 8.83. The van der Waals surface area contributed by atoms with E-state index in [1.807, 2.05) is 0 Å². The zero-order chi connectivity index (χ0) is 12.7. The van der Waals surface area contributed by atoms with Crippen LogP contribution in [0.3, 0.4) is 0 Å². The molecule has 1 aromatic carbocycles. The first-order valence-corrected chi connectivity index (χ1v) is 6.17. The molecular formula is C14H21NO2. The van der Waals surface area contributed by atoms with Gasteiger partial charge in [0.25, 0.3) is 0 Å². The number of aliphatic carboxylic acids is 1. The van der Waals surface area contributed by atoms with Crippen LogP contribution in [0.4, 0.5) is 0 Å². The molecule has 2 N–H and O–H groups in total. The van der Waals surface area contributed by atoms with E-state index in [0.29, 0.717) is 6.42 Å². The predicted molar refractivity (Wildman–Crippen MR) is 69.1 cm³/mol. The average Bonchev–Trinajstić information content (AvgIpc) is 2.34. The van der Waals surface area contributed by atoms with Crippen molar-refractivity contribution in [3.8, 4) is 0 Å². The quantitative estimate of drug-likeness (QED) is 0.714. The van der Waals surface area contributed by atoms with Gasteiger partial charge in [0.05, 0.1) is 0 Å². The number of carbonyl (C=O) groups is 1. The van der Waals surface area contributed by atoms with Crippen LogP contribution in [0.25, 0.3) is 0 Å². The molecule has 3 heteroatoms. The summed E-state index contributed by atoms with van der Waals surface area (Å²) >= 11 is 0. The third kappa shape index (κ3) is 5.00. The molecule has 0 aliphatic carbocycles. The molecule has 0 fully saturated rings. The Balaban J connectivity index is 2.35. The summed E-state index contributed by atoms with van der Waals surface area (Å²) in [7, 11) is 0. The van der Waals surface area contributed by atoms with E-state index in [1.165, 1.54) is 11.1 Å². The predicted octanol–water partition coefficient (Wildman–Crippen LogP) is 2.76. The van der Waals surface area contributed by atoms with E-state index in [4.69, 9.17) is 5.11 Å². The molecule has 17 heavy (non-hydrogen) atoms. The first-order valence-electron chi connectivity index (χ1n) is 6.17. The van der Waals surface area contributed by atoms with E-state index >= 15 is 0 Å². The minimum absolute atomic E-state index is 0.231. The number of hydrogen-bond acceptors (Lipinski definition) is 2. The van der Waals surface area contributed by atoms with Crippen molar-refractivity contribution in [2.75, 3.05) is 6.54 Å². The molecule has 1 rings (SSSR count). The Labute approximate surface area is 103 Å². The van der Waals surface area contributed by atoms with Gasteiger partial charge in [-0.05, 0) is 37.4 Å². The largest absolute Gasteiger partial charge is 0.481 e. The number of aryl methyl sites for hydroxylation is 1. The van der Waals surface area contributed by atoms with Crippen LogP contribution in [0.1, 0.15) is 43.9 Å². The van der Waals surface area contributed by atoms with Gasteiger partial charge in [0, 0.05) is 12.5 Å². The van der Waals surface area contributed by atoms with Gasteiger partial charge in [0.2, 0.25) is 0 Å². The van der Waals surface area contributed by atoms with Gasteiger partial charge in [-0.25, -0.2) is 0 Å². The summed E-state index contributed by atoms with van der Waals surface area (Å²) in [6.07, 6.45) is 1.96. The van der Waals surface area contributed by atoms with Gasteiger partial charge >= 0.3 is 5.97 Å². The van der Waals surface area contributed by atoms with Crippen molar-refractivity contribution >= 4 is 5.97 Å². The lowest BCUT2D eigenvalue weighted by Gasteiger charge is -2.14. The molecule has 0 aromatic heterocycles. The standard InChI is InChI=1S/C14H21NO2/c1-3-12-6-8-13(9-7-12)11(2)15-10-4-5-14(16)17/h6-9,11,15H,3-5,10H2,1-2H3,(H,16,17). The summed E-state index contributed by atoms with van der Waals surface area (Å²) in [5.41, 5.74) is 2.59. The highest BCUT2D eigenvalue weighted by atomic mass is 16.4. The summed E-state index contributed by atoms with van der Waals surface area (Å²) in [5.74, 6) is -0.730. The smallest absolute Gasteiger partial charge is 0.303 e. The zero-order valence-corrected chi connectivity index (χ0v) is 10.6. The fraction of sp³-hybridized carbons (Fsp3) is 0.500. The highest BCUT2D eigenvalue weighted by Gasteiger charge is 2.04. The van der Waals surface area contributed by atoms with Gasteiger partial charge in [0.1, 0.15) is 0 Å². The third-order valence-electron chi connectivity index (χ3n) is 2.91. The first-order chi connectivity index (χ1) is 8.13. The Morgan fingerprint density at radius 3 is 2.53 bits per heavy atom. The van der Waals surface area contributed by atoms with Gasteiger partial charge in [-0.1, -0.05) is 31.2 Å². The topological polar surface area (TPSA) is 49.3 Å². The Kier molecular flexibility index (Phi) is 5.70. The fourth-order valence-electron chi connectivity index (χ4n) is 1.72. The van der Waals surface area contributed by atoms with E-state index in [2.05, 4.69) is 43.4 Å². The summed E-state index contributed by atoms with van der Waals surface area (Å²) in [4.78, 5) is 10.4. The molecule has 1 unspecified atom stereocenters. The second kappa shape index (κ2) is 7.07. The maximum Gasteiger partial charge on any atom is 0.303 e. The van der Waals surface area contributed by atoms with Crippen molar-refractivity contribution in [3.63, 3.8) is 0 Å². The second-order valence-electron chi connectivity index (χ2n) is 4.27. The number of hydrogen-bond donors (Lipinski definition) is 2. The Morgan fingerprint density at radius 1 is 1.35 bits per heavy atom. The normalized spacial score (nSPS) is 12.4. The van der Waals surface area contributed by atoms with Crippen molar-refractivity contribution in [1.29, 1.82) is 0 Å². The first kappa shape index (κ1) is 13.7. The third-order valence-corrected chi connectivity index (χ3v) is 2.91. The van der Waals surface area contributed by atoms with E-state index in [1.54, 1.807) is 0 Å². The molecule has 1 atom stereocenters. The SMILES string of the molecule is CCc1ccc(C(C)NCCCC(=O)O)cc1. The average molecular weight is 235 g/mol. The van der Waals surface area contributed by atoms with E-state index in [9.17, 15) is 4.79 Å². The van der Waals surface area contributed by atoms with E-state index in [0.717, 1.165) is 13.0 Å². The minimum atomic E-state index is -0.730. The Hall–Kier alpha value is -1.35. The van der Waals surface area contributed by atoms with Crippen molar-refractivity contribution in [1.82, 2.24) is 5.32 Å². The molecule has 94 valence electrons. The van der Waals surface area contributed by atoms with Gasteiger partial charge in [0.15, 0.2) is 0 Å². The Bertz CT molecular complexity index is 346. The monoisotopic (exact) mass is 235 g/mol. The Morgan fingerprint density at radius 2 is 2.00 bits per heavy atom. The van der Waals surface area contributed by atoms with Crippen molar-refractivity contribution in [3.05, 3.63) is 35.4 Å². The molecule has 0 amide bonds. The molecule has 1 aromatic rings. The molecule has 0 radical (unpaired) electrons. The maximum atomic E-state index is 10.4. The number of nitrogens with one attached hydrogen (secondary N) is 1. The van der Waals surface area contributed by atoms with Crippen LogP contribution in [-0.4, -0.2) is 17.6 Å². The molecule has 0 saturated heterocycles. The van der Waals surface area contributed by atoms with Crippen molar-refractivity contribution < 1.29 is 9.90 Å². The molecule has 0 aliphatic rings. The van der Waals surface area contributed by atoms with Gasteiger partial charge in [-0.3, -0.25) is 4.79 Å². The van der Waals surface area contributed by atoms with Crippen LogP contribution < -0.4 is 5.32 Å². The van der Waals surface area contributed by atoms with Gasteiger partial charge < -0.3 is 10.4 Å². The lowest BCUT2D eigenvalue weighted by molar-refractivity contribution is -0.137. The molecule has 0 aliphatic heterocycles. The van der Waals surface area contributed by atoms with Crippen LogP contribution in [0.2, 0.25) is 0 Å². The van der Waals surface area contributed by atoms with Gasteiger partial charge in [-0.15, -0.1) is 0 Å². The van der Waals surface area contributed by atoms with Crippen LogP contribution in [0, 0.1) is 0 Å².